The van der Waals surface area contributed by atoms with E-state index in [1.54, 1.807) is 24.3 Å². The van der Waals surface area contributed by atoms with Gasteiger partial charge in [-0.2, -0.15) is 0 Å². The molecule has 0 saturated carbocycles. The Bertz CT molecular complexity index is 636. The fourth-order valence-corrected chi connectivity index (χ4v) is 2.18. The molecule has 0 aromatic heterocycles. The first-order valence-electron chi connectivity index (χ1n) is 5.77. The molecular formula is C14H12Cl2N2O2. The number of nitrogens with two attached hydrogens (primary N) is 1. The Kier molecular flexibility index (Phi) is 4.49. The third-order valence-electron chi connectivity index (χ3n) is 2.78. The minimum atomic E-state index is -0.380. The number of nitrogen functional groups attached to an aromatic ring is 1. The van der Waals surface area contributed by atoms with Crippen LogP contribution < -0.4 is 11.1 Å². The van der Waals surface area contributed by atoms with Gasteiger partial charge >= 0.3 is 0 Å². The molecule has 0 spiro atoms. The van der Waals surface area contributed by atoms with Crippen LogP contribution in [0, 0.1) is 0 Å². The van der Waals surface area contributed by atoms with Crippen LogP contribution in [0.5, 0.6) is 0 Å². The maximum absolute atomic E-state index is 12.1. The number of halogens is 2. The second kappa shape index (κ2) is 6.13. The van der Waals surface area contributed by atoms with Crippen molar-refractivity contribution in [3.8, 4) is 0 Å². The van der Waals surface area contributed by atoms with Crippen LogP contribution in [0.3, 0.4) is 0 Å². The zero-order chi connectivity index (χ0) is 14.7. The van der Waals surface area contributed by atoms with Gasteiger partial charge in [-0.3, -0.25) is 4.79 Å². The molecule has 0 bridgehead atoms. The number of amides is 1. The van der Waals surface area contributed by atoms with Gasteiger partial charge in [0.25, 0.3) is 5.91 Å². The van der Waals surface area contributed by atoms with Gasteiger partial charge in [-0.25, -0.2) is 0 Å². The number of aliphatic hydroxyl groups excluding tert-OH is 1. The van der Waals surface area contributed by atoms with E-state index in [1.165, 1.54) is 12.1 Å². The molecule has 0 fully saturated rings. The lowest BCUT2D eigenvalue weighted by molar-refractivity contribution is 0.102. The van der Waals surface area contributed by atoms with E-state index >= 15 is 0 Å². The molecule has 0 aliphatic carbocycles. The molecule has 4 nitrogen and oxygen atoms in total. The van der Waals surface area contributed by atoms with Crippen molar-refractivity contribution in [1.29, 1.82) is 0 Å². The van der Waals surface area contributed by atoms with E-state index in [0.29, 0.717) is 16.8 Å². The van der Waals surface area contributed by atoms with Crippen LogP contribution in [-0.2, 0) is 6.61 Å². The fraction of sp³-hybridized carbons (Fsp3) is 0.0714. The van der Waals surface area contributed by atoms with Crippen LogP contribution in [0.2, 0.25) is 10.0 Å². The number of hydrogen-bond donors (Lipinski definition) is 3. The van der Waals surface area contributed by atoms with Gasteiger partial charge in [0.05, 0.1) is 22.3 Å². The Morgan fingerprint density at radius 1 is 1.20 bits per heavy atom. The van der Waals surface area contributed by atoms with Crippen LogP contribution >= 0.6 is 23.2 Å². The van der Waals surface area contributed by atoms with Crippen LogP contribution in [-0.4, -0.2) is 11.0 Å². The molecule has 0 saturated heterocycles. The molecule has 0 radical (unpaired) electrons. The highest BCUT2D eigenvalue weighted by molar-refractivity contribution is 6.39. The number of hydrogen-bond acceptors (Lipinski definition) is 3. The van der Waals surface area contributed by atoms with Crippen molar-refractivity contribution in [3.63, 3.8) is 0 Å². The summed E-state index contributed by atoms with van der Waals surface area (Å²) < 4.78 is 0. The van der Waals surface area contributed by atoms with E-state index in [4.69, 9.17) is 28.9 Å². The molecule has 20 heavy (non-hydrogen) atoms. The number of carbonyl (C=O) groups excluding carboxylic acids is 1. The van der Waals surface area contributed by atoms with Crippen LogP contribution in [0.4, 0.5) is 11.4 Å². The van der Waals surface area contributed by atoms with E-state index in [0.717, 1.165) is 0 Å². The lowest BCUT2D eigenvalue weighted by Crippen LogP contribution is -2.13. The number of para-hydroxylation sites is 1. The molecule has 104 valence electrons. The van der Waals surface area contributed by atoms with Crippen LogP contribution in [0.25, 0.3) is 0 Å². The number of benzene rings is 2. The number of nitrogens with one attached hydrogen (secondary N) is 1. The number of rotatable bonds is 3. The summed E-state index contributed by atoms with van der Waals surface area (Å²) in [4.78, 5) is 12.1. The first-order chi connectivity index (χ1) is 9.52. The minimum Gasteiger partial charge on any atom is -0.396 e. The molecule has 4 N–H and O–H groups in total. The molecule has 0 aliphatic heterocycles. The Balaban J connectivity index is 2.29. The van der Waals surface area contributed by atoms with E-state index < -0.39 is 0 Å². The van der Waals surface area contributed by atoms with Crippen molar-refractivity contribution in [3.05, 3.63) is 57.6 Å². The van der Waals surface area contributed by atoms with Gasteiger partial charge in [-0.1, -0.05) is 41.4 Å². The molecule has 0 heterocycles. The maximum atomic E-state index is 12.1. The maximum Gasteiger partial charge on any atom is 0.255 e. The van der Waals surface area contributed by atoms with E-state index in [1.807, 2.05) is 0 Å². The van der Waals surface area contributed by atoms with Crippen LogP contribution in [0.15, 0.2) is 36.4 Å². The minimum absolute atomic E-state index is 0.167. The molecule has 0 unspecified atom stereocenters. The molecule has 2 aromatic rings. The summed E-state index contributed by atoms with van der Waals surface area (Å²) in [5.41, 5.74) is 7.30. The molecule has 2 rings (SSSR count). The zero-order valence-electron chi connectivity index (χ0n) is 10.4. The topological polar surface area (TPSA) is 75.4 Å². The SMILES string of the molecule is Nc1c(Cl)cc(C(=O)Nc2ccccc2CO)cc1Cl. The average molecular weight is 311 g/mol. The van der Waals surface area contributed by atoms with Gasteiger partial charge in [0, 0.05) is 16.8 Å². The van der Waals surface area contributed by atoms with Gasteiger partial charge < -0.3 is 16.2 Å². The second-order valence-corrected chi connectivity index (χ2v) is 4.94. The summed E-state index contributed by atoms with van der Waals surface area (Å²) in [7, 11) is 0. The summed E-state index contributed by atoms with van der Waals surface area (Å²) in [6, 6.07) is 9.84. The predicted molar refractivity (Wildman–Crippen MR) is 81.2 cm³/mol. The predicted octanol–water partition coefficient (Wildman–Crippen LogP) is 3.32. The Morgan fingerprint density at radius 3 is 2.40 bits per heavy atom. The Morgan fingerprint density at radius 2 is 1.80 bits per heavy atom. The van der Waals surface area contributed by atoms with Crippen molar-refractivity contribution < 1.29 is 9.90 Å². The first kappa shape index (κ1) is 14.7. The largest absolute Gasteiger partial charge is 0.396 e. The van der Waals surface area contributed by atoms with E-state index in [2.05, 4.69) is 5.32 Å². The Labute approximate surface area is 126 Å². The lowest BCUT2D eigenvalue weighted by atomic mass is 10.1. The van der Waals surface area contributed by atoms with Crippen molar-refractivity contribution in [2.45, 2.75) is 6.61 Å². The van der Waals surface area contributed by atoms with Gasteiger partial charge in [-0.15, -0.1) is 0 Å². The molecule has 0 atom stereocenters. The van der Waals surface area contributed by atoms with Gasteiger partial charge in [0.2, 0.25) is 0 Å². The van der Waals surface area contributed by atoms with Crippen molar-refractivity contribution in [1.82, 2.24) is 0 Å². The third kappa shape index (κ3) is 3.04. The van der Waals surface area contributed by atoms with Crippen molar-refractivity contribution >= 4 is 40.5 Å². The second-order valence-electron chi connectivity index (χ2n) is 4.12. The van der Waals surface area contributed by atoms with Crippen molar-refractivity contribution in [2.24, 2.45) is 0 Å². The molecule has 6 heteroatoms. The quantitative estimate of drug-likeness (QED) is 0.761. The average Bonchev–Trinajstić information content (AvgIpc) is 2.44. The standard InChI is InChI=1S/C14H12Cl2N2O2/c15-10-5-9(6-11(16)13(10)17)14(20)18-12-4-2-1-3-8(12)7-19/h1-6,19H,7,17H2,(H,18,20). The molecule has 2 aromatic carbocycles. The highest BCUT2D eigenvalue weighted by Gasteiger charge is 2.12. The van der Waals surface area contributed by atoms with E-state index in [9.17, 15) is 9.90 Å². The zero-order valence-corrected chi connectivity index (χ0v) is 11.9. The monoisotopic (exact) mass is 310 g/mol. The van der Waals surface area contributed by atoms with Gasteiger partial charge in [0.1, 0.15) is 0 Å². The number of carbonyl (C=O) groups is 1. The van der Waals surface area contributed by atoms with Crippen molar-refractivity contribution in [2.75, 3.05) is 11.1 Å². The smallest absolute Gasteiger partial charge is 0.255 e. The third-order valence-corrected chi connectivity index (χ3v) is 3.40. The summed E-state index contributed by atoms with van der Waals surface area (Å²) in [5, 5.41) is 12.4. The Hall–Kier alpha value is -1.75. The highest BCUT2D eigenvalue weighted by atomic mass is 35.5. The highest BCUT2D eigenvalue weighted by Crippen LogP contribution is 2.29. The molecular weight excluding hydrogens is 299 g/mol. The van der Waals surface area contributed by atoms with Gasteiger partial charge in [-0.05, 0) is 18.2 Å². The molecule has 1 amide bonds. The fourth-order valence-electron chi connectivity index (χ4n) is 1.69. The first-order valence-corrected chi connectivity index (χ1v) is 6.53. The van der Waals surface area contributed by atoms with Gasteiger partial charge in [0.15, 0.2) is 0 Å². The lowest BCUT2D eigenvalue weighted by Gasteiger charge is -2.10. The number of anilines is 2. The molecule has 0 aliphatic rings. The van der Waals surface area contributed by atoms with E-state index in [-0.39, 0.29) is 28.2 Å². The summed E-state index contributed by atoms with van der Waals surface area (Å²) in [5.74, 6) is -0.380. The summed E-state index contributed by atoms with van der Waals surface area (Å²) in [6.07, 6.45) is 0. The normalized spacial score (nSPS) is 10.3. The summed E-state index contributed by atoms with van der Waals surface area (Å²) in [6.45, 7) is -0.167. The van der Waals surface area contributed by atoms with Crippen LogP contribution in [0.1, 0.15) is 15.9 Å². The summed E-state index contributed by atoms with van der Waals surface area (Å²) >= 11 is 11.8. The number of aliphatic hydroxyl groups is 1.